The number of benzene rings is 2. The highest BCUT2D eigenvalue weighted by atomic mass is 35.5. The molecule has 0 unspecified atom stereocenters. The number of thioether (sulfide) groups is 1. The Morgan fingerprint density at radius 3 is 2.31 bits per heavy atom. The van der Waals surface area contributed by atoms with Gasteiger partial charge in [0.05, 0.1) is 10.6 Å². The quantitative estimate of drug-likeness (QED) is 0.413. The summed E-state index contributed by atoms with van der Waals surface area (Å²) in [6, 6.07) is 15.4. The molecule has 32 heavy (non-hydrogen) atoms. The number of hydrogen-bond acceptors (Lipinski definition) is 7. The van der Waals surface area contributed by atoms with Gasteiger partial charge in [0.15, 0.2) is 5.82 Å². The molecule has 0 atom stereocenters. The highest BCUT2D eigenvalue weighted by Gasteiger charge is 2.30. The van der Waals surface area contributed by atoms with E-state index in [1.54, 1.807) is 59.5 Å². The van der Waals surface area contributed by atoms with E-state index in [-0.39, 0.29) is 29.6 Å². The highest BCUT2D eigenvalue weighted by molar-refractivity contribution is 7.99. The minimum Gasteiger partial charge on any atom is -0.339 e. The van der Waals surface area contributed by atoms with Crippen LogP contribution in [0.1, 0.15) is 0 Å². The van der Waals surface area contributed by atoms with Gasteiger partial charge in [-0.05, 0) is 36.4 Å². The Morgan fingerprint density at radius 2 is 1.66 bits per heavy atom. The van der Waals surface area contributed by atoms with Gasteiger partial charge in [0.1, 0.15) is 0 Å². The Balaban J connectivity index is 1.33. The Labute approximate surface area is 195 Å². The van der Waals surface area contributed by atoms with Gasteiger partial charge in [0, 0.05) is 36.8 Å². The smallest absolute Gasteiger partial charge is 0.243 e. The van der Waals surface area contributed by atoms with Gasteiger partial charge in [0.25, 0.3) is 0 Å². The molecule has 1 aromatic heterocycles. The lowest BCUT2D eigenvalue weighted by Gasteiger charge is -2.34. The molecule has 3 aromatic rings. The number of nitrogens with two attached hydrogens (primary N) is 1. The molecule has 0 radical (unpaired) electrons. The van der Waals surface area contributed by atoms with Gasteiger partial charge in [-0.15, -0.1) is 10.2 Å². The number of carbonyl (C=O) groups is 1. The van der Waals surface area contributed by atoms with Gasteiger partial charge in [0.2, 0.25) is 21.1 Å². The number of sulfonamides is 1. The lowest BCUT2D eigenvalue weighted by atomic mass is 10.2. The minimum atomic E-state index is -3.55. The molecule has 12 heteroatoms. The predicted octanol–water partition coefficient (Wildman–Crippen LogP) is 1.94. The zero-order valence-electron chi connectivity index (χ0n) is 17.0. The lowest BCUT2D eigenvalue weighted by Crippen LogP contribution is -2.50. The maximum atomic E-state index is 12.7. The van der Waals surface area contributed by atoms with Crippen LogP contribution in [0.5, 0.6) is 0 Å². The molecule has 168 valence electrons. The summed E-state index contributed by atoms with van der Waals surface area (Å²) < 4.78 is 28.2. The first-order chi connectivity index (χ1) is 15.4. The second kappa shape index (κ2) is 9.49. The molecule has 2 heterocycles. The van der Waals surface area contributed by atoms with Crippen molar-refractivity contribution in [2.75, 3.05) is 37.8 Å². The average molecular weight is 493 g/mol. The number of aromatic nitrogens is 3. The molecule has 0 bridgehead atoms. The van der Waals surface area contributed by atoms with Crippen molar-refractivity contribution in [1.29, 1.82) is 0 Å². The summed E-state index contributed by atoms with van der Waals surface area (Å²) in [6.45, 7) is 1.16. The third-order valence-corrected chi connectivity index (χ3v) is 8.16. The van der Waals surface area contributed by atoms with E-state index >= 15 is 0 Å². The summed E-state index contributed by atoms with van der Waals surface area (Å²) in [5, 5.41) is 9.18. The van der Waals surface area contributed by atoms with Crippen LogP contribution in [0.4, 0.5) is 0 Å². The largest absolute Gasteiger partial charge is 0.339 e. The summed E-state index contributed by atoms with van der Waals surface area (Å²) in [7, 11) is -3.55. The first-order valence-electron chi connectivity index (χ1n) is 9.78. The Kier molecular flexibility index (Phi) is 6.70. The fourth-order valence-electron chi connectivity index (χ4n) is 3.31. The van der Waals surface area contributed by atoms with Crippen LogP contribution in [0.2, 0.25) is 5.02 Å². The Morgan fingerprint density at radius 1 is 1.00 bits per heavy atom. The van der Waals surface area contributed by atoms with E-state index in [0.29, 0.717) is 29.1 Å². The molecule has 9 nitrogen and oxygen atoms in total. The molecule has 0 aliphatic carbocycles. The summed E-state index contributed by atoms with van der Waals surface area (Å²) in [5.74, 6) is 6.59. The molecule has 1 aliphatic heterocycles. The first-order valence-corrected chi connectivity index (χ1v) is 12.6. The molecule has 1 fully saturated rings. The number of carbonyl (C=O) groups excluding carboxylic acids is 1. The molecular weight excluding hydrogens is 472 g/mol. The normalized spacial score (nSPS) is 15.1. The molecule has 0 spiro atoms. The van der Waals surface area contributed by atoms with Crippen molar-refractivity contribution in [3.05, 3.63) is 59.6 Å². The van der Waals surface area contributed by atoms with E-state index in [9.17, 15) is 13.2 Å². The Hall–Kier alpha value is -2.60. The first kappa shape index (κ1) is 22.6. The standard InChI is InChI=1S/C20H21ClN6O3S2/c21-16-8-6-15(7-9-16)19-23-24-20(27(19)22)31-14-18(28)25-10-12-26(13-11-25)32(29,30)17-4-2-1-3-5-17/h1-9H,10-14,22H2. The van der Waals surface area contributed by atoms with Crippen LogP contribution in [0, 0.1) is 0 Å². The number of amides is 1. The maximum Gasteiger partial charge on any atom is 0.243 e. The number of nitrogen functional groups attached to an aromatic ring is 1. The molecular formula is C20H21ClN6O3S2. The van der Waals surface area contributed by atoms with Gasteiger partial charge in [-0.1, -0.05) is 41.6 Å². The van der Waals surface area contributed by atoms with Crippen molar-refractivity contribution in [2.24, 2.45) is 0 Å². The van der Waals surface area contributed by atoms with Gasteiger partial charge < -0.3 is 10.7 Å². The van der Waals surface area contributed by atoms with Crippen LogP contribution in [0.15, 0.2) is 64.6 Å². The van der Waals surface area contributed by atoms with Crippen LogP contribution in [-0.2, 0) is 14.8 Å². The van der Waals surface area contributed by atoms with E-state index in [4.69, 9.17) is 17.4 Å². The lowest BCUT2D eigenvalue weighted by molar-refractivity contribution is -0.129. The number of rotatable bonds is 6. The molecule has 1 aliphatic rings. The van der Waals surface area contributed by atoms with Crippen LogP contribution in [-0.4, -0.2) is 70.3 Å². The highest BCUT2D eigenvalue weighted by Crippen LogP contribution is 2.24. The third-order valence-electron chi connectivity index (χ3n) is 5.06. The van der Waals surface area contributed by atoms with E-state index in [1.807, 2.05) is 0 Å². The third kappa shape index (κ3) is 4.75. The van der Waals surface area contributed by atoms with E-state index < -0.39 is 10.0 Å². The molecule has 2 N–H and O–H groups in total. The minimum absolute atomic E-state index is 0.109. The van der Waals surface area contributed by atoms with Crippen molar-refractivity contribution in [3.8, 4) is 11.4 Å². The zero-order chi connectivity index (χ0) is 22.7. The molecule has 2 aromatic carbocycles. The van der Waals surface area contributed by atoms with Gasteiger partial charge in [-0.25, -0.2) is 13.1 Å². The number of halogens is 1. The van der Waals surface area contributed by atoms with Crippen molar-refractivity contribution in [3.63, 3.8) is 0 Å². The molecule has 4 rings (SSSR count). The topological polar surface area (TPSA) is 114 Å². The molecule has 1 saturated heterocycles. The van der Waals surface area contributed by atoms with Crippen molar-refractivity contribution >= 4 is 39.3 Å². The number of nitrogens with zero attached hydrogens (tertiary/aromatic N) is 5. The number of hydrogen-bond donors (Lipinski definition) is 1. The van der Waals surface area contributed by atoms with E-state index in [2.05, 4.69) is 10.2 Å². The van der Waals surface area contributed by atoms with Crippen LogP contribution >= 0.6 is 23.4 Å². The zero-order valence-corrected chi connectivity index (χ0v) is 19.4. The van der Waals surface area contributed by atoms with E-state index in [0.717, 1.165) is 5.56 Å². The van der Waals surface area contributed by atoms with Gasteiger partial charge in [-0.2, -0.15) is 4.31 Å². The maximum absolute atomic E-state index is 12.7. The predicted molar refractivity (Wildman–Crippen MR) is 123 cm³/mol. The van der Waals surface area contributed by atoms with Gasteiger partial charge >= 0.3 is 0 Å². The van der Waals surface area contributed by atoms with Crippen molar-refractivity contribution < 1.29 is 13.2 Å². The summed E-state index contributed by atoms with van der Waals surface area (Å²) >= 11 is 7.10. The summed E-state index contributed by atoms with van der Waals surface area (Å²) in [4.78, 5) is 14.6. The van der Waals surface area contributed by atoms with Crippen molar-refractivity contribution in [1.82, 2.24) is 24.1 Å². The van der Waals surface area contributed by atoms with Crippen LogP contribution in [0.3, 0.4) is 0 Å². The fraction of sp³-hybridized carbons (Fsp3) is 0.250. The summed E-state index contributed by atoms with van der Waals surface area (Å²) in [5.41, 5.74) is 0.762. The molecule has 1 amide bonds. The fourth-order valence-corrected chi connectivity index (χ4v) is 5.64. The number of piperazine rings is 1. The van der Waals surface area contributed by atoms with Gasteiger partial charge in [-0.3, -0.25) is 4.79 Å². The second-order valence-corrected chi connectivity index (χ2v) is 10.4. The van der Waals surface area contributed by atoms with Crippen LogP contribution in [0.25, 0.3) is 11.4 Å². The summed E-state index contributed by atoms with van der Waals surface area (Å²) in [6.07, 6.45) is 0. The molecule has 0 saturated carbocycles. The average Bonchev–Trinajstić information content (AvgIpc) is 3.19. The second-order valence-electron chi connectivity index (χ2n) is 7.07. The SMILES string of the molecule is Nn1c(SCC(=O)N2CCN(S(=O)(=O)c3ccccc3)CC2)nnc1-c1ccc(Cl)cc1. The van der Waals surface area contributed by atoms with Crippen molar-refractivity contribution in [2.45, 2.75) is 10.1 Å². The van der Waals surface area contributed by atoms with E-state index in [1.165, 1.54) is 20.7 Å². The monoisotopic (exact) mass is 492 g/mol. The van der Waals surface area contributed by atoms with Crippen LogP contribution < -0.4 is 5.84 Å². The Bertz CT molecular complexity index is 1190.